The number of piperazine rings is 1. The van der Waals surface area contributed by atoms with Crippen LogP contribution in [0.4, 0.5) is 0 Å². The van der Waals surface area contributed by atoms with E-state index in [-0.39, 0.29) is 7.33 Å². The molecule has 6 heteroatoms. The lowest BCUT2D eigenvalue weighted by Gasteiger charge is -2.37. The van der Waals surface area contributed by atoms with E-state index in [0.717, 1.165) is 32.7 Å². The zero-order chi connectivity index (χ0) is 17.1. The summed E-state index contributed by atoms with van der Waals surface area (Å²) in [5.41, 5.74) is 0. The molecule has 0 aromatic heterocycles. The van der Waals surface area contributed by atoms with Gasteiger partial charge in [-0.05, 0) is 13.8 Å². The first-order chi connectivity index (χ1) is 11.0. The number of carbonyl (C=O) groups is 1. The van der Waals surface area contributed by atoms with Crippen molar-refractivity contribution < 1.29 is 15.7 Å². The second kappa shape index (κ2) is 11.8. The van der Waals surface area contributed by atoms with Gasteiger partial charge in [0.1, 0.15) is 0 Å². The van der Waals surface area contributed by atoms with Crippen LogP contribution in [0.3, 0.4) is 0 Å². The third kappa shape index (κ3) is 9.25. The van der Waals surface area contributed by atoms with E-state index >= 15 is 0 Å². The maximum absolute atomic E-state index is 12.1. The second-order valence-electron chi connectivity index (χ2n) is 6.59. The van der Waals surface area contributed by atoms with Gasteiger partial charge in [-0.25, -0.2) is 0 Å². The van der Waals surface area contributed by atoms with E-state index in [1.165, 1.54) is 0 Å². The van der Waals surface area contributed by atoms with Gasteiger partial charge in [-0.1, -0.05) is 13.8 Å². The lowest BCUT2D eigenvalue weighted by Crippen LogP contribution is -2.50. The molecule has 0 bridgehead atoms. The molecule has 1 aliphatic rings. The number of nitrogens with zero attached hydrogens (tertiary/aromatic N) is 2. The van der Waals surface area contributed by atoms with Crippen LogP contribution in [0.25, 0.3) is 0 Å². The quantitative estimate of drug-likeness (QED) is 0.577. The van der Waals surface area contributed by atoms with Gasteiger partial charge in [0.2, 0.25) is 5.91 Å². The van der Waals surface area contributed by atoms with E-state index in [9.17, 15) is 4.79 Å². The fourth-order valence-electron chi connectivity index (χ4n) is 2.55. The third-order valence-electron chi connectivity index (χ3n) is 4.03. The molecule has 1 heterocycles. The molecular weight excluding hydrogens is 294 g/mol. The Labute approximate surface area is 143 Å². The van der Waals surface area contributed by atoms with E-state index in [0.29, 0.717) is 44.9 Å². The van der Waals surface area contributed by atoms with Crippen molar-refractivity contribution in [3.05, 3.63) is 0 Å². The summed E-state index contributed by atoms with van der Waals surface area (Å²) in [6, 6.07) is 1.05. The Bertz CT molecular complexity index is 322. The van der Waals surface area contributed by atoms with Gasteiger partial charge in [0.15, 0.2) is 0 Å². The van der Waals surface area contributed by atoms with Crippen LogP contribution in [0.5, 0.6) is 0 Å². The lowest BCUT2D eigenvalue weighted by atomic mass is 10.2. The molecule has 1 fully saturated rings. The first-order valence-electron chi connectivity index (χ1n) is 8.91. The monoisotopic (exact) mass is 331 g/mol. The minimum atomic E-state index is 0. The van der Waals surface area contributed by atoms with Crippen LogP contribution in [0, 0.1) is 0 Å². The minimum absolute atomic E-state index is 0. The molecule has 1 rings (SSSR count). The fourth-order valence-corrected chi connectivity index (χ4v) is 2.55. The number of amides is 1. The van der Waals surface area contributed by atoms with Crippen molar-refractivity contribution in [3.8, 4) is 0 Å². The first-order valence-corrected chi connectivity index (χ1v) is 8.91. The number of rotatable bonds is 11. The van der Waals surface area contributed by atoms with Crippen LogP contribution in [-0.4, -0.2) is 86.9 Å². The summed E-state index contributed by atoms with van der Waals surface area (Å²) in [6.45, 7) is 15.4. The molecule has 1 amide bonds. The van der Waals surface area contributed by atoms with Crippen LogP contribution in [0.2, 0.25) is 0 Å². The highest BCUT2D eigenvalue weighted by Crippen LogP contribution is 2.07. The molecule has 1 N–H and O–H groups in total. The van der Waals surface area contributed by atoms with Crippen molar-refractivity contribution in [3.63, 3.8) is 0 Å². The van der Waals surface area contributed by atoms with Crippen LogP contribution < -0.4 is 5.32 Å². The predicted molar refractivity (Wildman–Crippen MR) is 94.8 cm³/mol. The van der Waals surface area contributed by atoms with Gasteiger partial charge < -0.3 is 19.7 Å². The first kappa shape index (κ1) is 20.4. The topological polar surface area (TPSA) is 54.0 Å². The lowest BCUT2D eigenvalue weighted by molar-refractivity contribution is -0.134. The van der Waals surface area contributed by atoms with E-state index in [1.807, 2.05) is 4.90 Å². The van der Waals surface area contributed by atoms with Crippen molar-refractivity contribution in [2.75, 3.05) is 59.2 Å². The molecular formula is C17H37N3O3. The number of hydrogen-bond acceptors (Lipinski definition) is 5. The van der Waals surface area contributed by atoms with Crippen molar-refractivity contribution in [2.45, 2.75) is 46.2 Å². The fraction of sp³-hybridized carbons (Fsp3) is 0.941. The Hall–Kier alpha value is -0.690. The van der Waals surface area contributed by atoms with Crippen LogP contribution in [0.15, 0.2) is 0 Å². The highest BCUT2D eigenvalue weighted by molar-refractivity contribution is 5.76. The van der Waals surface area contributed by atoms with Crippen LogP contribution >= 0.6 is 0 Å². The summed E-state index contributed by atoms with van der Waals surface area (Å²) in [5.74, 6) is 0.204. The third-order valence-corrected chi connectivity index (χ3v) is 4.03. The van der Waals surface area contributed by atoms with Gasteiger partial charge in [0, 0.05) is 46.2 Å². The summed E-state index contributed by atoms with van der Waals surface area (Å²) in [6.07, 6.45) is 0.469. The van der Waals surface area contributed by atoms with Gasteiger partial charge in [0.05, 0.1) is 32.8 Å². The average molecular weight is 332 g/mol. The smallest absolute Gasteiger partial charge is 0.224 e. The number of ether oxygens (including phenoxy) is 2. The second-order valence-corrected chi connectivity index (χ2v) is 6.59. The molecule has 0 atom stereocenters. The summed E-state index contributed by atoms with van der Waals surface area (Å²) < 4.78 is 10.9. The molecule has 0 aliphatic carbocycles. The largest absolute Gasteiger partial charge is 0.379 e. The van der Waals surface area contributed by atoms with Gasteiger partial charge in [-0.3, -0.25) is 9.69 Å². The Morgan fingerprint density at radius 2 is 1.61 bits per heavy atom. The zero-order valence-electron chi connectivity index (χ0n) is 15.3. The number of nitrogens with one attached hydrogen (secondary N) is 1. The SMILES string of the molecule is CC(C)NCCOCCOCCC(=O)N1CCN(C(C)C)CC1.[HH]. The molecule has 0 unspecified atom stereocenters. The molecule has 0 radical (unpaired) electrons. The molecule has 1 aliphatic heterocycles. The maximum Gasteiger partial charge on any atom is 0.224 e. The standard InChI is InChI=1S/C17H35N3O3.H2/c1-15(2)18-6-12-23-14-13-22-11-5-17(21)20-9-7-19(8-10-20)16(3)4;/h15-16,18H,5-14H2,1-4H3;1H. The number of carbonyl (C=O) groups excluding carboxylic acids is 1. The zero-order valence-corrected chi connectivity index (χ0v) is 15.3. The molecule has 6 nitrogen and oxygen atoms in total. The maximum atomic E-state index is 12.1. The van der Waals surface area contributed by atoms with Crippen molar-refractivity contribution in [2.24, 2.45) is 0 Å². The summed E-state index contributed by atoms with van der Waals surface area (Å²) in [5, 5.41) is 3.29. The van der Waals surface area contributed by atoms with Gasteiger partial charge >= 0.3 is 0 Å². The van der Waals surface area contributed by atoms with E-state index < -0.39 is 0 Å². The summed E-state index contributed by atoms with van der Waals surface area (Å²) in [4.78, 5) is 16.5. The Kier molecular flexibility index (Phi) is 10.4. The van der Waals surface area contributed by atoms with Gasteiger partial charge in [-0.15, -0.1) is 0 Å². The molecule has 23 heavy (non-hydrogen) atoms. The molecule has 1 saturated heterocycles. The summed E-state index contributed by atoms with van der Waals surface area (Å²) >= 11 is 0. The predicted octanol–water partition coefficient (Wildman–Crippen LogP) is 1.21. The average Bonchev–Trinajstić information content (AvgIpc) is 2.52. The van der Waals surface area contributed by atoms with E-state index in [2.05, 4.69) is 37.9 Å². The van der Waals surface area contributed by atoms with Gasteiger partial charge in [-0.2, -0.15) is 0 Å². The highest BCUT2D eigenvalue weighted by atomic mass is 16.5. The van der Waals surface area contributed by atoms with E-state index in [1.54, 1.807) is 0 Å². The highest BCUT2D eigenvalue weighted by Gasteiger charge is 2.21. The molecule has 0 aromatic carbocycles. The summed E-state index contributed by atoms with van der Waals surface area (Å²) in [7, 11) is 0. The minimum Gasteiger partial charge on any atom is -0.379 e. The van der Waals surface area contributed by atoms with Gasteiger partial charge in [0.25, 0.3) is 0 Å². The molecule has 0 spiro atoms. The van der Waals surface area contributed by atoms with Crippen molar-refractivity contribution >= 4 is 5.91 Å². The van der Waals surface area contributed by atoms with Crippen molar-refractivity contribution in [1.29, 1.82) is 0 Å². The Morgan fingerprint density at radius 3 is 2.17 bits per heavy atom. The normalized spacial score (nSPS) is 16.5. The molecule has 0 saturated carbocycles. The Morgan fingerprint density at radius 1 is 1.00 bits per heavy atom. The van der Waals surface area contributed by atoms with Crippen LogP contribution in [0.1, 0.15) is 35.5 Å². The molecule has 0 aromatic rings. The van der Waals surface area contributed by atoms with E-state index in [4.69, 9.17) is 9.47 Å². The van der Waals surface area contributed by atoms with Crippen LogP contribution in [-0.2, 0) is 14.3 Å². The van der Waals surface area contributed by atoms with Crippen molar-refractivity contribution in [1.82, 2.24) is 15.1 Å². The Balaban J connectivity index is 0.00000529. The number of hydrogen-bond donors (Lipinski definition) is 1. The molecule has 138 valence electrons.